The first-order valence-corrected chi connectivity index (χ1v) is 9.80. The number of amides is 2. The van der Waals surface area contributed by atoms with Gasteiger partial charge in [0.1, 0.15) is 0 Å². The molecule has 0 unspecified atom stereocenters. The molecule has 1 fully saturated rings. The number of para-hydroxylation sites is 1. The van der Waals surface area contributed by atoms with Crippen molar-refractivity contribution in [1.82, 2.24) is 4.90 Å². The van der Waals surface area contributed by atoms with E-state index in [4.69, 9.17) is 0 Å². The van der Waals surface area contributed by atoms with Crippen molar-refractivity contribution in [3.05, 3.63) is 64.7 Å². The molecule has 0 spiro atoms. The predicted octanol–water partition coefficient (Wildman–Crippen LogP) is 2.30. The Labute approximate surface area is 173 Å². The number of nitrogens with zero attached hydrogens (tertiary/aromatic N) is 1. The number of alkyl halides is 3. The average Bonchev–Trinajstić information content (AvgIpc) is 2.67. The van der Waals surface area contributed by atoms with Gasteiger partial charge in [-0.25, -0.2) is 0 Å². The minimum absolute atomic E-state index is 0.0376. The molecule has 160 valence electrons. The summed E-state index contributed by atoms with van der Waals surface area (Å²) in [5, 5.41) is 2.38. The van der Waals surface area contributed by atoms with Crippen LogP contribution in [0.5, 0.6) is 0 Å². The highest BCUT2D eigenvalue weighted by atomic mass is 19.4. The van der Waals surface area contributed by atoms with E-state index in [1.165, 1.54) is 18.2 Å². The van der Waals surface area contributed by atoms with Gasteiger partial charge in [-0.15, -0.1) is 0 Å². The second-order valence-electron chi connectivity index (χ2n) is 7.69. The van der Waals surface area contributed by atoms with Crippen molar-refractivity contribution in [1.29, 1.82) is 0 Å². The van der Waals surface area contributed by atoms with Crippen LogP contribution in [0.4, 0.5) is 18.9 Å². The Morgan fingerprint density at radius 2 is 1.63 bits per heavy atom. The number of hydrogen-bond donors (Lipinski definition) is 2. The minimum atomic E-state index is -4.53. The lowest BCUT2D eigenvalue weighted by Crippen LogP contribution is -3.15. The normalized spacial score (nSPS) is 15.2. The van der Waals surface area contributed by atoms with Crippen LogP contribution < -0.4 is 10.2 Å². The third-order valence-electron chi connectivity index (χ3n) is 5.14. The molecule has 1 aliphatic rings. The molecular formula is C22H25F3N3O2+. The van der Waals surface area contributed by atoms with Crippen molar-refractivity contribution in [2.24, 2.45) is 0 Å². The topological polar surface area (TPSA) is 53.9 Å². The first kappa shape index (κ1) is 21.8. The maximum atomic E-state index is 13.1. The fourth-order valence-corrected chi connectivity index (χ4v) is 3.74. The van der Waals surface area contributed by atoms with Crippen LogP contribution in [-0.2, 0) is 11.0 Å². The molecule has 0 radical (unpaired) electrons. The number of rotatable bonds is 4. The Kier molecular flexibility index (Phi) is 6.45. The summed E-state index contributed by atoms with van der Waals surface area (Å²) in [5.41, 5.74) is 1.60. The van der Waals surface area contributed by atoms with Crippen LogP contribution in [0.15, 0.2) is 42.5 Å². The van der Waals surface area contributed by atoms with E-state index in [0.717, 1.165) is 22.1 Å². The second kappa shape index (κ2) is 8.87. The lowest BCUT2D eigenvalue weighted by atomic mass is 10.1. The van der Waals surface area contributed by atoms with E-state index in [1.54, 1.807) is 4.90 Å². The maximum Gasteiger partial charge on any atom is 0.418 e. The monoisotopic (exact) mass is 420 g/mol. The Bertz CT molecular complexity index is 915. The summed E-state index contributed by atoms with van der Waals surface area (Å²) in [6.45, 7) is 6.05. The molecule has 0 aromatic heterocycles. The molecule has 0 saturated carbocycles. The highest BCUT2D eigenvalue weighted by Gasteiger charge is 2.34. The van der Waals surface area contributed by atoms with Crippen molar-refractivity contribution in [3.63, 3.8) is 0 Å². The summed E-state index contributed by atoms with van der Waals surface area (Å²) in [5.74, 6) is -0.514. The smallest absolute Gasteiger partial charge is 0.327 e. The van der Waals surface area contributed by atoms with Gasteiger partial charge in [0.25, 0.3) is 11.8 Å². The zero-order chi connectivity index (χ0) is 21.9. The van der Waals surface area contributed by atoms with Crippen molar-refractivity contribution >= 4 is 17.5 Å². The molecule has 3 rings (SSSR count). The van der Waals surface area contributed by atoms with Crippen molar-refractivity contribution < 1.29 is 27.7 Å². The standard InChI is InChI=1S/C22H24F3N3O2/c1-15-11-16(2)13-17(12-15)21(30)28-9-7-27(8-10-28)14-20(29)26-19-6-4-3-5-18(19)22(23,24)25/h3-6,11-13H,7-10,14H2,1-2H3,(H,26,29)/p+1. The van der Waals surface area contributed by atoms with Gasteiger partial charge in [-0.05, 0) is 38.1 Å². The second-order valence-corrected chi connectivity index (χ2v) is 7.69. The summed E-state index contributed by atoms with van der Waals surface area (Å²) in [7, 11) is 0. The molecule has 2 aromatic rings. The Morgan fingerprint density at radius 3 is 2.23 bits per heavy atom. The Hall–Kier alpha value is -2.87. The van der Waals surface area contributed by atoms with Gasteiger partial charge < -0.3 is 15.1 Å². The SMILES string of the molecule is Cc1cc(C)cc(C(=O)N2CC[NH+](CC(=O)Nc3ccccc3C(F)(F)F)CC2)c1. The largest absolute Gasteiger partial charge is 0.418 e. The predicted molar refractivity (Wildman–Crippen MR) is 107 cm³/mol. The molecule has 2 amide bonds. The molecule has 0 atom stereocenters. The van der Waals surface area contributed by atoms with E-state index in [-0.39, 0.29) is 18.1 Å². The van der Waals surface area contributed by atoms with Gasteiger partial charge in [-0.1, -0.05) is 29.3 Å². The van der Waals surface area contributed by atoms with Gasteiger partial charge in [-0.2, -0.15) is 13.2 Å². The third kappa shape index (κ3) is 5.38. The molecule has 1 aliphatic heterocycles. The van der Waals surface area contributed by atoms with Crippen molar-refractivity contribution in [2.45, 2.75) is 20.0 Å². The molecule has 2 aromatic carbocycles. The van der Waals surface area contributed by atoms with E-state index < -0.39 is 17.6 Å². The fraction of sp³-hybridized carbons (Fsp3) is 0.364. The van der Waals surface area contributed by atoms with Gasteiger partial charge in [-0.3, -0.25) is 9.59 Å². The minimum Gasteiger partial charge on any atom is -0.327 e. The first-order chi connectivity index (χ1) is 14.1. The first-order valence-electron chi connectivity index (χ1n) is 9.80. The quantitative estimate of drug-likeness (QED) is 0.798. The van der Waals surface area contributed by atoms with Crippen molar-refractivity contribution in [3.8, 4) is 0 Å². The summed E-state index contributed by atoms with van der Waals surface area (Å²) >= 11 is 0. The number of anilines is 1. The zero-order valence-corrected chi connectivity index (χ0v) is 17.0. The molecule has 1 saturated heterocycles. The van der Waals surface area contributed by atoms with Crippen molar-refractivity contribution in [2.75, 3.05) is 38.0 Å². The van der Waals surface area contributed by atoms with E-state index in [1.807, 2.05) is 32.0 Å². The molecule has 0 aliphatic carbocycles. The molecule has 0 bridgehead atoms. The van der Waals surface area contributed by atoms with Crippen LogP contribution in [0, 0.1) is 13.8 Å². The lowest BCUT2D eigenvalue weighted by molar-refractivity contribution is -0.895. The van der Waals surface area contributed by atoms with Gasteiger partial charge in [0.05, 0.1) is 37.4 Å². The highest BCUT2D eigenvalue weighted by Crippen LogP contribution is 2.34. The van der Waals surface area contributed by atoms with Crippen LogP contribution in [0.2, 0.25) is 0 Å². The summed E-state index contributed by atoms with van der Waals surface area (Å²) in [6.07, 6.45) is -4.53. The van der Waals surface area contributed by atoms with Gasteiger partial charge in [0.2, 0.25) is 0 Å². The van der Waals surface area contributed by atoms with E-state index >= 15 is 0 Å². The lowest BCUT2D eigenvalue weighted by Gasteiger charge is -2.32. The number of carbonyl (C=O) groups excluding carboxylic acids is 2. The van der Waals surface area contributed by atoms with Gasteiger partial charge in [0.15, 0.2) is 6.54 Å². The number of hydrogen-bond acceptors (Lipinski definition) is 2. The van der Waals surface area contributed by atoms with Crippen LogP contribution in [0.3, 0.4) is 0 Å². The molecule has 30 heavy (non-hydrogen) atoms. The number of halogens is 3. The average molecular weight is 420 g/mol. The fourth-order valence-electron chi connectivity index (χ4n) is 3.74. The third-order valence-corrected chi connectivity index (χ3v) is 5.14. The van der Waals surface area contributed by atoms with Crippen LogP contribution >= 0.6 is 0 Å². The summed E-state index contributed by atoms with van der Waals surface area (Å²) in [4.78, 5) is 27.7. The molecule has 8 heteroatoms. The number of aryl methyl sites for hydroxylation is 2. The van der Waals surface area contributed by atoms with Crippen LogP contribution in [-0.4, -0.2) is 49.4 Å². The van der Waals surface area contributed by atoms with E-state index in [9.17, 15) is 22.8 Å². The molecule has 2 N–H and O–H groups in total. The summed E-state index contributed by atoms with van der Waals surface area (Å²) < 4.78 is 39.2. The van der Waals surface area contributed by atoms with Gasteiger partial charge >= 0.3 is 6.18 Å². The number of quaternary nitrogens is 1. The van der Waals surface area contributed by atoms with Crippen LogP contribution in [0.1, 0.15) is 27.0 Å². The molecule has 5 nitrogen and oxygen atoms in total. The van der Waals surface area contributed by atoms with E-state index in [0.29, 0.717) is 31.7 Å². The Morgan fingerprint density at radius 1 is 1.03 bits per heavy atom. The molecule has 1 heterocycles. The Balaban J connectivity index is 1.55. The van der Waals surface area contributed by atoms with Gasteiger partial charge in [0, 0.05) is 5.56 Å². The molecular weight excluding hydrogens is 395 g/mol. The van der Waals surface area contributed by atoms with E-state index in [2.05, 4.69) is 5.32 Å². The number of piperazine rings is 1. The zero-order valence-electron chi connectivity index (χ0n) is 17.0. The number of benzene rings is 2. The number of carbonyl (C=O) groups is 2. The summed E-state index contributed by atoms with van der Waals surface area (Å²) in [6, 6.07) is 10.7. The highest BCUT2D eigenvalue weighted by molar-refractivity contribution is 5.95. The maximum absolute atomic E-state index is 13.1. The van der Waals surface area contributed by atoms with Crippen LogP contribution in [0.25, 0.3) is 0 Å². The number of nitrogens with one attached hydrogen (secondary N) is 2.